The summed E-state index contributed by atoms with van der Waals surface area (Å²) in [5, 5.41) is 0. The van der Waals surface area contributed by atoms with Gasteiger partial charge in [0.2, 0.25) is 0 Å². The number of hydrogen-bond acceptors (Lipinski definition) is 3. The van der Waals surface area contributed by atoms with Crippen LogP contribution in [-0.4, -0.2) is 25.9 Å². The van der Waals surface area contributed by atoms with Gasteiger partial charge in [0.1, 0.15) is 5.75 Å². The second-order valence-electron chi connectivity index (χ2n) is 4.10. The Labute approximate surface area is 78.5 Å². The Hall–Kier alpha value is -0.160. The summed E-state index contributed by atoms with van der Waals surface area (Å²) in [5.41, 5.74) is -0.312. The Balaban J connectivity index is 2.53. The lowest BCUT2D eigenvalue weighted by Crippen LogP contribution is -2.38. The van der Waals surface area contributed by atoms with Gasteiger partial charge >= 0.3 is 10.2 Å². The summed E-state index contributed by atoms with van der Waals surface area (Å²) in [7, 11) is -4.40. The Morgan fingerprint density at radius 2 is 2.15 bits per heavy atom. The summed E-state index contributed by atoms with van der Waals surface area (Å²) in [4.78, 5) is 0. The van der Waals surface area contributed by atoms with Crippen LogP contribution < -0.4 is 0 Å². The molecule has 0 amide bonds. The predicted octanol–water partition coefficient (Wildman–Crippen LogP) is 1.63. The van der Waals surface area contributed by atoms with Gasteiger partial charge in [-0.3, -0.25) is 0 Å². The summed E-state index contributed by atoms with van der Waals surface area (Å²) in [6.07, 6.45) is 1.95. The molecule has 1 rings (SSSR count). The number of hydrogen-bond donors (Lipinski definition) is 0. The molecule has 5 heteroatoms. The molecule has 13 heavy (non-hydrogen) atoms. The highest BCUT2D eigenvalue weighted by molar-refractivity contribution is 7.86. The lowest BCUT2D eigenvalue weighted by Gasteiger charge is -2.35. The molecule has 0 aromatic heterocycles. The summed E-state index contributed by atoms with van der Waals surface area (Å²) in [6.45, 7) is 3.79. The second-order valence-corrected chi connectivity index (χ2v) is 5.51. The van der Waals surface area contributed by atoms with Crippen molar-refractivity contribution in [2.45, 2.75) is 44.8 Å². The van der Waals surface area contributed by atoms with E-state index in [-0.39, 0.29) is 5.60 Å². The molecule has 0 bridgehead atoms. The first-order valence-corrected chi connectivity index (χ1v) is 5.94. The molecule has 0 radical (unpaired) electrons. The molecule has 0 aromatic carbocycles. The third kappa shape index (κ3) is 4.04. The lowest BCUT2D eigenvalue weighted by atomic mass is 9.96. The molecule has 1 unspecified atom stereocenters. The zero-order valence-electron chi connectivity index (χ0n) is 7.92. The van der Waals surface area contributed by atoms with E-state index in [4.69, 9.17) is 4.74 Å². The van der Waals surface area contributed by atoms with Gasteiger partial charge in [0.15, 0.2) is 0 Å². The first-order valence-electron chi connectivity index (χ1n) is 4.39. The van der Waals surface area contributed by atoms with Crippen LogP contribution in [0.4, 0.5) is 3.89 Å². The van der Waals surface area contributed by atoms with Crippen LogP contribution in [0.15, 0.2) is 0 Å². The van der Waals surface area contributed by atoms with Gasteiger partial charge in [0.05, 0.1) is 11.7 Å². The number of rotatable bonds is 2. The van der Waals surface area contributed by atoms with Crippen LogP contribution in [0.1, 0.15) is 33.1 Å². The molecule has 0 spiro atoms. The summed E-state index contributed by atoms with van der Waals surface area (Å²) < 4.78 is 38.5. The molecule has 1 aliphatic rings. The van der Waals surface area contributed by atoms with Crippen molar-refractivity contribution in [2.75, 3.05) is 5.75 Å². The first-order chi connectivity index (χ1) is 5.79. The Bertz CT molecular complexity index is 271. The van der Waals surface area contributed by atoms with Crippen molar-refractivity contribution in [2.24, 2.45) is 0 Å². The zero-order valence-corrected chi connectivity index (χ0v) is 8.73. The molecule has 78 valence electrons. The molecule has 1 aliphatic heterocycles. The highest BCUT2D eigenvalue weighted by atomic mass is 32.3. The highest BCUT2D eigenvalue weighted by Gasteiger charge is 2.31. The van der Waals surface area contributed by atoms with E-state index in [0.29, 0.717) is 6.42 Å². The van der Waals surface area contributed by atoms with Gasteiger partial charge in [-0.1, -0.05) is 0 Å². The van der Waals surface area contributed by atoms with E-state index < -0.39 is 22.1 Å². The van der Waals surface area contributed by atoms with Crippen molar-refractivity contribution < 1.29 is 17.0 Å². The quantitative estimate of drug-likeness (QED) is 0.651. The first kappa shape index (κ1) is 10.9. The highest BCUT2D eigenvalue weighted by Crippen LogP contribution is 2.28. The topological polar surface area (TPSA) is 43.4 Å². The SMILES string of the molecule is CC1(C)CCCC(CS(=O)(=O)F)O1. The zero-order chi connectivity index (χ0) is 10.1. The third-order valence-corrected chi connectivity index (χ3v) is 2.95. The molecule has 0 aliphatic carbocycles. The summed E-state index contributed by atoms with van der Waals surface area (Å²) in [6, 6.07) is 0. The minimum atomic E-state index is -4.40. The van der Waals surface area contributed by atoms with Crippen LogP contribution in [0.3, 0.4) is 0 Å². The fraction of sp³-hybridized carbons (Fsp3) is 1.00. The average molecular weight is 210 g/mol. The maximum atomic E-state index is 12.3. The third-order valence-electron chi connectivity index (χ3n) is 2.18. The number of ether oxygens (including phenoxy) is 1. The molecule has 1 atom stereocenters. The summed E-state index contributed by atoms with van der Waals surface area (Å²) in [5.74, 6) is -0.504. The fourth-order valence-corrected chi connectivity index (χ4v) is 2.34. The maximum absolute atomic E-state index is 12.3. The van der Waals surface area contributed by atoms with Crippen LogP contribution in [0.5, 0.6) is 0 Å². The van der Waals surface area contributed by atoms with E-state index in [2.05, 4.69) is 0 Å². The standard InChI is InChI=1S/C8H15FO3S/c1-8(2)5-3-4-7(12-8)6-13(9,10)11/h7H,3-6H2,1-2H3. The Morgan fingerprint density at radius 3 is 2.62 bits per heavy atom. The summed E-state index contributed by atoms with van der Waals surface area (Å²) >= 11 is 0. The Morgan fingerprint density at radius 1 is 1.54 bits per heavy atom. The fourth-order valence-electron chi connectivity index (χ4n) is 1.66. The number of halogens is 1. The average Bonchev–Trinajstić information content (AvgIpc) is 1.79. The van der Waals surface area contributed by atoms with Gasteiger partial charge in [0, 0.05) is 0 Å². The van der Waals surface area contributed by atoms with Crippen molar-refractivity contribution in [1.82, 2.24) is 0 Å². The van der Waals surface area contributed by atoms with E-state index in [0.717, 1.165) is 12.8 Å². The van der Waals surface area contributed by atoms with Crippen LogP contribution >= 0.6 is 0 Å². The normalized spacial score (nSPS) is 28.7. The smallest absolute Gasteiger partial charge is 0.304 e. The van der Waals surface area contributed by atoms with Gasteiger partial charge in [-0.2, -0.15) is 8.42 Å². The van der Waals surface area contributed by atoms with E-state index in [1.54, 1.807) is 0 Å². The van der Waals surface area contributed by atoms with Crippen molar-refractivity contribution in [1.29, 1.82) is 0 Å². The molecule has 1 heterocycles. The molecule has 0 saturated carbocycles. The molecule has 0 N–H and O–H groups in total. The molecule has 0 aromatic rings. The van der Waals surface area contributed by atoms with Crippen molar-refractivity contribution >= 4 is 10.2 Å². The molecule has 3 nitrogen and oxygen atoms in total. The van der Waals surface area contributed by atoms with Gasteiger partial charge in [0.25, 0.3) is 0 Å². The molecular formula is C8H15FO3S. The molecular weight excluding hydrogens is 195 g/mol. The van der Waals surface area contributed by atoms with Crippen LogP contribution in [0.25, 0.3) is 0 Å². The molecule has 1 saturated heterocycles. The van der Waals surface area contributed by atoms with Crippen LogP contribution in [0.2, 0.25) is 0 Å². The second kappa shape index (κ2) is 3.53. The Kier molecular flexibility index (Phi) is 2.97. The van der Waals surface area contributed by atoms with E-state index >= 15 is 0 Å². The van der Waals surface area contributed by atoms with Crippen LogP contribution in [0, 0.1) is 0 Å². The minimum absolute atomic E-state index is 0.312. The van der Waals surface area contributed by atoms with E-state index in [1.165, 1.54) is 0 Å². The monoisotopic (exact) mass is 210 g/mol. The maximum Gasteiger partial charge on any atom is 0.304 e. The molecule has 1 fully saturated rings. The van der Waals surface area contributed by atoms with Gasteiger partial charge in [-0.15, -0.1) is 3.89 Å². The van der Waals surface area contributed by atoms with Crippen molar-refractivity contribution in [3.8, 4) is 0 Å². The van der Waals surface area contributed by atoms with Crippen molar-refractivity contribution in [3.63, 3.8) is 0 Å². The van der Waals surface area contributed by atoms with Gasteiger partial charge in [-0.05, 0) is 33.1 Å². The van der Waals surface area contributed by atoms with E-state index in [9.17, 15) is 12.3 Å². The predicted molar refractivity (Wildman–Crippen MR) is 47.7 cm³/mol. The van der Waals surface area contributed by atoms with Crippen LogP contribution in [-0.2, 0) is 15.0 Å². The van der Waals surface area contributed by atoms with Gasteiger partial charge < -0.3 is 4.74 Å². The van der Waals surface area contributed by atoms with Crippen molar-refractivity contribution in [3.05, 3.63) is 0 Å². The largest absolute Gasteiger partial charge is 0.371 e. The minimum Gasteiger partial charge on any atom is -0.371 e. The lowest BCUT2D eigenvalue weighted by molar-refractivity contribution is -0.0965. The van der Waals surface area contributed by atoms with Gasteiger partial charge in [-0.25, -0.2) is 0 Å². The van der Waals surface area contributed by atoms with E-state index in [1.807, 2.05) is 13.8 Å².